The van der Waals surface area contributed by atoms with E-state index in [2.05, 4.69) is 20.1 Å². The average molecular weight is 403 g/mol. The number of Topliss-reactive ketones (excluding diaryl/α,β-unsaturated/α-hetero) is 1. The molecule has 1 aromatic carbocycles. The quantitative estimate of drug-likeness (QED) is 0.418. The average Bonchev–Trinajstić information content (AvgIpc) is 3.26. The summed E-state index contributed by atoms with van der Waals surface area (Å²) in [5.74, 6) is 0.536. The molecule has 0 spiro atoms. The summed E-state index contributed by atoms with van der Waals surface area (Å²) in [5, 5.41) is 4.19. The number of rotatable bonds is 8. The van der Waals surface area contributed by atoms with Gasteiger partial charge in [-0.3, -0.25) is 19.4 Å². The summed E-state index contributed by atoms with van der Waals surface area (Å²) in [5.41, 5.74) is 4.35. The summed E-state index contributed by atoms with van der Waals surface area (Å²) in [6.45, 7) is 1.12. The normalized spacial score (nSPS) is 11.0. The Morgan fingerprint density at radius 2 is 1.90 bits per heavy atom. The molecule has 0 atom stereocenters. The highest BCUT2D eigenvalue weighted by atomic mass is 16.5. The summed E-state index contributed by atoms with van der Waals surface area (Å²) in [6, 6.07) is 7.64. The van der Waals surface area contributed by atoms with Gasteiger partial charge in [0.2, 0.25) is 0 Å². The van der Waals surface area contributed by atoms with Crippen molar-refractivity contribution in [2.24, 2.45) is 0 Å². The van der Waals surface area contributed by atoms with Gasteiger partial charge in [-0.05, 0) is 29.8 Å². The second-order valence-electron chi connectivity index (χ2n) is 6.69. The number of nitrogens with zero attached hydrogens (tertiary/aromatic N) is 5. The van der Waals surface area contributed by atoms with Gasteiger partial charge in [-0.15, -0.1) is 0 Å². The van der Waals surface area contributed by atoms with Crippen molar-refractivity contribution in [2.45, 2.75) is 13.0 Å². The molecule has 0 aliphatic heterocycles. The highest BCUT2D eigenvalue weighted by Crippen LogP contribution is 2.32. The molecule has 0 unspecified atom stereocenters. The van der Waals surface area contributed by atoms with Crippen molar-refractivity contribution in [3.05, 3.63) is 66.5 Å². The van der Waals surface area contributed by atoms with Crippen molar-refractivity contribution in [2.75, 3.05) is 20.8 Å². The zero-order valence-electron chi connectivity index (χ0n) is 16.8. The van der Waals surface area contributed by atoms with E-state index in [0.717, 1.165) is 11.1 Å². The predicted octanol–water partition coefficient (Wildman–Crippen LogP) is 2.97. The molecule has 0 saturated carbocycles. The number of methoxy groups -OCH3 is 2. The van der Waals surface area contributed by atoms with Crippen molar-refractivity contribution in [1.82, 2.24) is 24.7 Å². The second-order valence-corrected chi connectivity index (χ2v) is 6.69. The van der Waals surface area contributed by atoms with E-state index in [-0.39, 0.29) is 12.2 Å². The molecular formula is C22H21N5O3. The summed E-state index contributed by atoms with van der Waals surface area (Å²) in [4.78, 5) is 26.0. The van der Waals surface area contributed by atoms with Crippen LogP contribution >= 0.6 is 0 Å². The van der Waals surface area contributed by atoms with E-state index in [1.165, 1.54) is 0 Å². The van der Waals surface area contributed by atoms with E-state index >= 15 is 0 Å². The summed E-state index contributed by atoms with van der Waals surface area (Å²) < 4.78 is 12.2. The van der Waals surface area contributed by atoms with Crippen molar-refractivity contribution >= 4 is 16.8 Å². The number of ether oxygens (including phenoxy) is 2. The fourth-order valence-corrected chi connectivity index (χ4v) is 3.21. The molecule has 3 heterocycles. The molecule has 0 fully saturated rings. The monoisotopic (exact) mass is 403 g/mol. The number of ketones is 1. The summed E-state index contributed by atoms with van der Waals surface area (Å²) in [7, 11) is 3.22. The van der Waals surface area contributed by atoms with Gasteiger partial charge in [-0.2, -0.15) is 5.10 Å². The van der Waals surface area contributed by atoms with Crippen LogP contribution in [0.4, 0.5) is 0 Å². The third-order valence-electron chi connectivity index (χ3n) is 4.74. The third kappa shape index (κ3) is 4.04. The first kappa shape index (κ1) is 19.7. The van der Waals surface area contributed by atoms with E-state index in [0.29, 0.717) is 41.2 Å². The van der Waals surface area contributed by atoms with Crippen LogP contribution in [0.1, 0.15) is 16.1 Å². The van der Waals surface area contributed by atoms with Gasteiger partial charge in [-0.25, -0.2) is 4.98 Å². The predicted molar refractivity (Wildman–Crippen MR) is 111 cm³/mol. The lowest BCUT2D eigenvalue weighted by Crippen LogP contribution is -2.07. The molecule has 0 aliphatic rings. The van der Waals surface area contributed by atoms with Crippen molar-refractivity contribution in [3.8, 4) is 16.9 Å². The van der Waals surface area contributed by atoms with Crippen LogP contribution in [-0.2, 0) is 17.7 Å². The fourth-order valence-electron chi connectivity index (χ4n) is 3.21. The van der Waals surface area contributed by atoms with E-state index < -0.39 is 0 Å². The number of aromatic nitrogens is 5. The van der Waals surface area contributed by atoms with E-state index in [9.17, 15) is 4.79 Å². The minimum Gasteiger partial charge on any atom is -0.494 e. The van der Waals surface area contributed by atoms with Gasteiger partial charge in [0.05, 0.1) is 44.1 Å². The van der Waals surface area contributed by atoms with Gasteiger partial charge in [-0.1, -0.05) is 0 Å². The Labute approximate surface area is 173 Å². The number of hydrogen-bond acceptors (Lipinski definition) is 7. The SMILES string of the molecule is COCCn1cc(C(=O)Cc2cnc3c(-c4ccncc4)ccc(OC)c3n2)cn1. The van der Waals surface area contributed by atoms with Gasteiger partial charge in [0, 0.05) is 37.5 Å². The molecule has 0 aliphatic carbocycles. The molecule has 4 rings (SSSR count). The van der Waals surface area contributed by atoms with Gasteiger partial charge in [0.25, 0.3) is 0 Å². The van der Waals surface area contributed by atoms with Gasteiger partial charge >= 0.3 is 0 Å². The maximum absolute atomic E-state index is 12.7. The largest absolute Gasteiger partial charge is 0.494 e. The minimum atomic E-state index is -0.0726. The lowest BCUT2D eigenvalue weighted by molar-refractivity contribution is 0.0991. The van der Waals surface area contributed by atoms with Crippen LogP contribution in [0.15, 0.2) is 55.2 Å². The Morgan fingerprint density at radius 3 is 2.67 bits per heavy atom. The molecule has 152 valence electrons. The zero-order valence-corrected chi connectivity index (χ0v) is 16.8. The summed E-state index contributed by atoms with van der Waals surface area (Å²) in [6.07, 6.45) is 8.52. The molecule has 30 heavy (non-hydrogen) atoms. The first-order chi connectivity index (χ1) is 14.7. The topological polar surface area (TPSA) is 92.0 Å². The van der Waals surface area contributed by atoms with Crippen molar-refractivity contribution < 1.29 is 14.3 Å². The van der Waals surface area contributed by atoms with Gasteiger partial charge < -0.3 is 9.47 Å². The van der Waals surface area contributed by atoms with Crippen LogP contribution in [0, 0.1) is 0 Å². The molecule has 8 heteroatoms. The van der Waals surface area contributed by atoms with Crippen molar-refractivity contribution in [3.63, 3.8) is 0 Å². The molecule has 0 radical (unpaired) electrons. The Bertz CT molecular complexity index is 1170. The number of benzene rings is 1. The Balaban J connectivity index is 1.64. The van der Waals surface area contributed by atoms with Gasteiger partial charge in [0.1, 0.15) is 16.8 Å². The number of carbonyl (C=O) groups is 1. The second kappa shape index (κ2) is 8.79. The first-order valence-corrected chi connectivity index (χ1v) is 9.47. The lowest BCUT2D eigenvalue weighted by Gasteiger charge is -2.10. The van der Waals surface area contributed by atoms with Crippen molar-refractivity contribution in [1.29, 1.82) is 0 Å². The van der Waals surface area contributed by atoms with Crippen LogP contribution in [-0.4, -0.2) is 51.3 Å². The minimum absolute atomic E-state index is 0.0726. The Morgan fingerprint density at radius 1 is 1.07 bits per heavy atom. The number of carbonyl (C=O) groups excluding carboxylic acids is 1. The molecule has 0 amide bonds. The molecule has 3 aromatic heterocycles. The Kier molecular flexibility index (Phi) is 5.76. The highest BCUT2D eigenvalue weighted by Gasteiger charge is 2.15. The Hall–Kier alpha value is -3.65. The molecule has 4 aromatic rings. The highest BCUT2D eigenvalue weighted by molar-refractivity contribution is 5.98. The molecule has 8 nitrogen and oxygen atoms in total. The number of pyridine rings is 1. The van der Waals surface area contributed by atoms with Crippen LogP contribution in [0.5, 0.6) is 5.75 Å². The molecule has 0 saturated heterocycles. The van der Waals surface area contributed by atoms with Crippen LogP contribution in [0.25, 0.3) is 22.2 Å². The van der Waals surface area contributed by atoms with Crippen LogP contribution in [0.3, 0.4) is 0 Å². The number of hydrogen-bond donors (Lipinski definition) is 0. The van der Waals surface area contributed by atoms with Crippen LogP contribution in [0.2, 0.25) is 0 Å². The molecule has 0 bridgehead atoms. The zero-order chi connectivity index (χ0) is 20.9. The van der Waals surface area contributed by atoms with Crippen LogP contribution < -0.4 is 4.74 Å². The van der Waals surface area contributed by atoms with E-state index in [1.54, 1.807) is 49.9 Å². The third-order valence-corrected chi connectivity index (χ3v) is 4.74. The molecule has 0 N–H and O–H groups in total. The maximum atomic E-state index is 12.7. The standard InChI is InChI=1S/C22H21N5O3/c1-29-10-9-27-14-16(12-25-27)19(28)11-17-13-24-21-18(15-5-7-23-8-6-15)3-4-20(30-2)22(21)26-17/h3-8,12-14H,9-11H2,1-2H3. The molecular weight excluding hydrogens is 382 g/mol. The lowest BCUT2D eigenvalue weighted by atomic mass is 10.0. The summed E-state index contributed by atoms with van der Waals surface area (Å²) >= 11 is 0. The van der Waals surface area contributed by atoms with Gasteiger partial charge in [0.15, 0.2) is 5.78 Å². The fraction of sp³-hybridized carbons (Fsp3) is 0.227. The maximum Gasteiger partial charge on any atom is 0.172 e. The van der Waals surface area contributed by atoms with E-state index in [1.807, 2.05) is 24.3 Å². The number of fused-ring (bicyclic) bond motifs is 1. The first-order valence-electron chi connectivity index (χ1n) is 9.47. The smallest absolute Gasteiger partial charge is 0.172 e. The van der Waals surface area contributed by atoms with E-state index in [4.69, 9.17) is 9.47 Å².